The first-order chi connectivity index (χ1) is 6.16. The van der Waals surface area contributed by atoms with Crippen LogP contribution in [0.25, 0.3) is 0 Å². The minimum atomic E-state index is 0.348. The van der Waals surface area contributed by atoms with Crippen molar-refractivity contribution in [3.63, 3.8) is 0 Å². The van der Waals surface area contributed by atoms with Crippen molar-refractivity contribution >= 4 is 5.91 Å². The van der Waals surface area contributed by atoms with Crippen LogP contribution in [0.3, 0.4) is 0 Å². The van der Waals surface area contributed by atoms with Gasteiger partial charge in [0.2, 0.25) is 5.91 Å². The van der Waals surface area contributed by atoms with E-state index in [1.54, 1.807) is 0 Å². The van der Waals surface area contributed by atoms with Crippen molar-refractivity contribution in [3.8, 4) is 0 Å². The third-order valence-electron chi connectivity index (χ3n) is 3.10. The molecule has 2 unspecified atom stereocenters. The maximum absolute atomic E-state index is 11.6. The molecule has 2 aliphatic rings. The fourth-order valence-corrected chi connectivity index (χ4v) is 2.08. The maximum atomic E-state index is 11.6. The minimum absolute atomic E-state index is 0.348. The van der Waals surface area contributed by atoms with Crippen molar-refractivity contribution in [1.29, 1.82) is 0 Å². The lowest BCUT2D eigenvalue weighted by Gasteiger charge is -2.19. The Morgan fingerprint density at radius 2 is 2.00 bits per heavy atom. The minimum Gasteiger partial charge on any atom is -0.342 e. The van der Waals surface area contributed by atoms with Crippen LogP contribution in [-0.4, -0.2) is 49.4 Å². The van der Waals surface area contributed by atoms with E-state index < -0.39 is 0 Å². The summed E-state index contributed by atoms with van der Waals surface area (Å²) in [4.78, 5) is 15.7. The summed E-state index contributed by atoms with van der Waals surface area (Å²) < 4.78 is 0. The summed E-state index contributed by atoms with van der Waals surface area (Å²) in [6.07, 6.45) is 2.06. The van der Waals surface area contributed by atoms with E-state index in [0.29, 0.717) is 12.3 Å². The zero-order valence-corrected chi connectivity index (χ0v) is 8.49. The van der Waals surface area contributed by atoms with Crippen LogP contribution in [0.2, 0.25) is 0 Å². The van der Waals surface area contributed by atoms with Crippen LogP contribution in [0.15, 0.2) is 0 Å². The molecule has 1 saturated heterocycles. The number of nitrogens with zero attached hydrogens (tertiary/aromatic N) is 2. The maximum Gasteiger partial charge on any atom is 0.223 e. The standard InChI is InChI=1S/C10H18N2O/c1-11(2)4-3-10(13)12-6-8-5-9(8)7-12/h8-9H,3-7H2,1-2H3. The summed E-state index contributed by atoms with van der Waals surface area (Å²) in [5.41, 5.74) is 0. The van der Waals surface area contributed by atoms with Crippen LogP contribution in [0.4, 0.5) is 0 Å². The number of hydrogen-bond donors (Lipinski definition) is 0. The molecular formula is C10H18N2O. The quantitative estimate of drug-likeness (QED) is 0.631. The number of fused-ring (bicyclic) bond motifs is 1. The van der Waals surface area contributed by atoms with Crippen molar-refractivity contribution in [1.82, 2.24) is 9.80 Å². The van der Waals surface area contributed by atoms with Gasteiger partial charge in [0, 0.05) is 26.1 Å². The Morgan fingerprint density at radius 3 is 2.54 bits per heavy atom. The van der Waals surface area contributed by atoms with E-state index in [9.17, 15) is 4.79 Å². The second kappa shape index (κ2) is 3.29. The van der Waals surface area contributed by atoms with Crippen LogP contribution in [-0.2, 0) is 4.79 Å². The zero-order valence-electron chi connectivity index (χ0n) is 8.49. The summed E-state index contributed by atoms with van der Waals surface area (Å²) in [6, 6.07) is 0. The number of amides is 1. The number of hydrogen-bond acceptors (Lipinski definition) is 2. The van der Waals surface area contributed by atoms with Gasteiger partial charge >= 0.3 is 0 Å². The summed E-state index contributed by atoms with van der Waals surface area (Å²) in [6.45, 7) is 2.96. The van der Waals surface area contributed by atoms with Crippen LogP contribution in [0.5, 0.6) is 0 Å². The molecule has 13 heavy (non-hydrogen) atoms. The van der Waals surface area contributed by atoms with E-state index in [4.69, 9.17) is 0 Å². The fourth-order valence-electron chi connectivity index (χ4n) is 2.08. The number of rotatable bonds is 3. The fraction of sp³-hybridized carbons (Fsp3) is 0.900. The van der Waals surface area contributed by atoms with E-state index in [1.165, 1.54) is 6.42 Å². The van der Waals surface area contributed by atoms with Gasteiger partial charge < -0.3 is 9.80 Å². The van der Waals surface area contributed by atoms with Crippen LogP contribution >= 0.6 is 0 Å². The molecule has 1 saturated carbocycles. The smallest absolute Gasteiger partial charge is 0.223 e. The van der Waals surface area contributed by atoms with E-state index in [0.717, 1.165) is 31.5 Å². The molecule has 0 N–H and O–H groups in total. The van der Waals surface area contributed by atoms with Gasteiger partial charge in [-0.2, -0.15) is 0 Å². The molecule has 2 rings (SSSR count). The normalized spacial score (nSPS) is 30.8. The zero-order chi connectivity index (χ0) is 9.42. The van der Waals surface area contributed by atoms with Gasteiger partial charge in [-0.15, -0.1) is 0 Å². The first kappa shape index (κ1) is 9.00. The predicted molar refractivity (Wildman–Crippen MR) is 51.3 cm³/mol. The molecule has 0 spiro atoms. The molecule has 1 aliphatic heterocycles. The number of carbonyl (C=O) groups is 1. The Bertz CT molecular complexity index is 205. The number of likely N-dealkylation sites (tertiary alicyclic amines) is 1. The summed E-state index contributed by atoms with van der Waals surface area (Å²) >= 11 is 0. The highest BCUT2D eigenvalue weighted by Crippen LogP contribution is 2.44. The Balaban J connectivity index is 1.71. The van der Waals surface area contributed by atoms with Gasteiger partial charge in [0.15, 0.2) is 0 Å². The number of carbonyl (C=O) groups excluding carboxylic acids is 1. The largest absolute Gasteiger partial charge is 0.342 e. The van der Waals surface area contributed by atoms with Crippen molar-refractivity contribution < 1.29 is 4.79 Å². The molecule has 1 heterocycles. The SMILES string of the molecule is CN(C)CCC(=O)N1CC2CC2C1. The van der Waals surface area contributed by atoms with Crippen LogP contribution < -0.4 is 0 Å². The second-order valence-electron chi connectivity index (χ2n) is 4.61. The molecule has 0 aromatic heterocycles. The van der Waals surface area contributed by atoms with Crippen LogP contribution in [0, 0.1) is 11.8 Å². The van der Waals surface area contributed by atoms with E-state index >= 15 is 0 Å². The Hall–Kier alpha value is -0.570. The highest BCUT2D eigenvalue weighted by atomic mass is 16.2. The predicted octanol–water partition coefficient (Wildman–Crippen LogP) is 0.416. The molecular weight excluding hydrogens is 164 g/mol. The first-order valence-corrected chi connectivity index (χ1v) is 5.09. The van der Waals surface area contributed by atoms with Gasteiger partial charge in [0.1, 0.15) is 0 Å². The molecule has 1 amide bonds. The van der Waals surface area contributed by atoms with Crippen molar-refractivity contribution in [3.05, 3.63) is 0 Å². The average Bonchev–Trinajstić information content (AvgIpc) is 2.69. The van der Waals surface area contributed by atoms with Gasteiger partial charge in [-0.1, -0.05) is 0 Å². The van der Waals surface area contributed by atoms with Crippen LogP contribution in [0.1, 0.15) is 12.8 Å². The van der Waals surface area contributed by atoms with Gasteiger partial charge in [-0.05, 0) is 32.4 Å². The molecule has 0 radical (unpaired) electrons. The highest BCUT2D eigenvalue weighted by molar-refractivity contribution is 5.76. The van der Waals surface area contributed by atoms with Gasteiger partial charge in [-0.3, -0.25) is 4.79 Å². The van der Waals surface area contributed by atoms with Crippen molar-refractivity contribution in [2.75, 3.05) is 33.7 Å². The first-order valence-electron chi connectivity index (χ1n) is 5.09. The highest BCUT2D eigenvalue weighted by Gasteiger charge is 2.46. The Kier molecular flexibility index (Phi) is 2.28. The lowest BCUT2D eigenvalue weighted by Crippen LogP contribution is -2.32. The molecule has 0 aromatic rings. The van der Waals surface area contributed by atoms with Gasteiger partial charge in [0.25, 0.3) is 0 Å². The Morgan fingerprint density at radius 1 is 1.38 bits per heavy atom. The third-order valence-corrected chi connectivity index (χ3v) is 3.10. The van der Waals surface area contributed by atoms with Gasteiger partial charge in [0.05, 0.1) is 0 Å². The molecule has 3 nitrogen and oxygen atoms in total. The molecule has 0 aromatic carbocycles. The van der Waals surface area contributed by atoms with E-state index in [1.807, 2.05) is 19.0 Å². The topological polar surface area (TPSA) is 23.6 Å². The van der Waals surface area contributed by atoms with Crippen molar-refractivity contribution in [2.24, 2.45) is 11.8 Å². The van der Waals surface area contributed by atoms with Gasteiger partial charge in [-0.25, -0.2) is 0 Å². The second-order valence-corrected chi connectivity index (χ2v) is 4.61. The van der Waals surface area contributed by atoms with E-state index in [-0.39, 0.29) is 0 Å². The summed E-state index contributed by atoms with van der Waals surface area (Å²) in [7, 11) is 4.02. The van der Waals surface area contributed by atoms with E-state index in [2.05, 4.69) is 4.90 Å². The molecule has 0 bridgehead atoms. The summed E-state index contributed by atoms with van der Waals surface area (Å²) in [5, 5.41) is 0. The number of piperidine rings is 1. The van der Waals surface area contributed by atoms with Crippen molar-refractivity contribution in [2.45, 2.75) is 12.8 Å². The molecule has 2 fully saturated rings. The molecule has 1 aliphatic carbocycles. The summed E-state index contributed by atoms with van der Waals surface area (Å²) in [5.74, 6) is 2.08. The monoisotopic (exact) mass is 182 g/mol. The molecule has 74 valence electrons. The Labute approximate surface area is 79.7 Å². The molecule has 2 atom stereocenters. The average molecular weight is 182 g/mol. The third kappa shape index (κ3) is 2.02. The lowest BCUT2D eigenvalue weighted by atomic mass is 10.3. The molecule has 3 heteroatoms. The lowest BCUT2D eigenvalue weighted by molar-refractivity contribution is -0.130.